The van der Waals surface area contributed by atoms with Gasteiger partial charge in [-0.05, 0) is 35.2 Å². The summed E-state index contributed by atoms with van der Waals surface area (Å²) in [7, 11) is 0. The lowest BCUT2D eigenvalue weighted by atomic mass is 9.87. The molecule has 1 saturated heterocycles. The van der Waals surface area contributed by atoms with Crippen LogP contribution < -0.4 is 10.6 Å². The number of benzene rings is 2. The number of rotatable bonds is 2. The van der Waals surface area contributed by atoms with Gasteiger partial charge in [-0.3, -0.25) is 0 Å². The molecule has 23 heavy (non-hydrogen) atoms. The molecular weight excluding hydrogens is 398 g/mol. The number of phenolic OH excluding ortho intramolecular Hbond substituents is 1. The van der Waals surface area contributed by atoms with Crippen LogP contribution >= 0.6 is 30.9 Å². The molecule has 1 heterocycles. The molecule has 2 aromatic carbocycles. The predicted octanol–water partition coefficient (Wildman–Crippen LogP) is 5.74. The van der Waals surface area contributed by atoms with E-state index in [0.717, 1.165) is 5.30 Å². The Morgan fingerprint density at radius 2 is 1.17 bits per heavy atom. The predicted molar refractivity (Wildman–Crippen MR) is 116 cm³/mol. The molecule has 0 saturated carbocycles. The van der Waals surface area contributed by atoms with E-state index in [-0.39, 0.29) is 11.2 Å². The molecule has 0 spiro atoms. The van der Waals surface area contributed by atoms with Gasteiger partial charge in [-0.2, -0.15) is 0 Å². The molecule has 1 fully saturated rings. The lowest BCUT2D eigenvalue weighted by molar-refractivity contribution is 0.475. The molecule has 0 aromatic heterocycles. The quantitative estimate of drug-likeness (QED) is 0.628. The summed E-state index contributed by atoms with van der Waals surface area (Å²) >= 11 is 15.5. The van der Waals surface area contributed by atoms with Crippen molar-refractivity contribution < 1.29 is 5.11 Å². The number of hydrogen-bond donors (Lipinski definition) is 1. The summed E-state index contributed by atoms with van der Waals surface area (Å²) in [6, 6.07) is 16.1. The van der Waals surface area contributed by atoms with Crippen LogP contribution in [0.1, 0.15) is 26.3 Å². The Kier molecular flexibility index (Phi) is 4.86. The normalized spacial score (nSPS) is 27.4. The average molecular weight is 417 g/mol. The van der Waals surface area contributed by atoms with E-state index >= 15 is 0 Å². The fourth-order valence-corrected chi connectivity index (χ4v) is 44.5. The molecular formula is C16H18OP2S4. The van der Waals surface area contributed by atoms with E-state index in [9.17, 15) is 5.11 Å². The Balaban J connectivity index is 1.82. The minimum absolute atomic E-state index is 0.159. The third-order valence-corrected chi connectivity index (χ3v) is 34.9. The molecule has 1 aliphatic rings. The van der Waals surface area contributed by atoms with Gasteiger partial charge in [0.2, 0.25) is 0 Å². The molecule has 0 aliphatic carbocycles. The van der Waals surface area contributed by atoms with Gasteiger partial charge >= 0.3 is 0 Å². The number of phenols is 1. The van der Waals surface area contributed by atoms with E-state index in [1.807, 2.05) is 34.1 Å². The second-order valence-corrected chi connectivity index (χ2v) is 27.8. The van der Waals surface area contributed by atoms with Gasteiger partial charge in [0.05, 0.1) is 8.88 Å². The van der Waals surface area contributed by atoms with E-state index in [1.165, 1.54) is 10.9 Å². The summed E-state index contributed by atoms with van der Waals surface area (Å²) in [6.45, 7) is 6.66. The highest BCUT2D eigenvalue weighted by atomic mass is 33.7. The molecule has 1 N–H and O–H groups in total. The van der Waals surface area contributed by atoms with Crippen LogP contribution in [0.5, 0.6) is 5.75 Å². The number of aromatic hydroxyl groups is 1. The van der Waals surface area contributed by atoms with Gasteiger partial charge in [-0.25, -0.2) is 0 Å². The van der Waals surface area contributed by atoms with Crippen molar-refractivity contribution in [1.82, 2.24) is 0 Å². The highest BCUT2D eigenvalue weighted by Crippen LogP contribution is 3.04. The first-order valence-electron chi connectivity index (χ1n) is 7.16. The molecule has 2 aromatic rings. The Morgan fingerprint density at radius 3 is 1.57 bits per heavy atom. The third-order valence-electron chi connectivity index (χ3n) is 3.65. The van der Waals surface area contributed by atoms with Crippen molar-refractivity contribution in [3.05, 3.63) is 54.1 Å². The smallest absolute Gasteiger partial charge is 0.115 e. The summed E-state index contributed by atoms with van der Waals surface area (Å²) in [5.41, 5.74) is 1.49. The SMILES string of the molecule is CC(C)(C)c1ccc(P2(=S)SP(=S)(c3ccc(O)cc3)S2)cc1. The van der Waals surface area contributed by atoms with Crippen molar-refractivity contribution in [3.63, 3.8) is 0 Å². The molecule has 0 bridgehead atoms. The minimum Gasteiger partial charge on any atom is -0.508 e. The maximum absolute atomic E-state index is 9.44. The molecule has 7 heteroatoms. The molecule has 0 unspecified atom stereocenters. The maximum atomic E-state index is 9.44. The zero-order valence-corrected chi connectivity index (χ0v) is 18.1. The van der Waals surface area contributed by atoms with Crippen molar-refractivity contribution in [3.8, 4) is 5.75 Å². The first-order valence-corrected chi connectivity index (χ1v) is 16.8. The fraction of sp³-hybridized carbons (Fsp3) is 0.250. The van der Waals surface area contributed by atoms with Crippen molar-refractivity contribution in [1.29, 1.82) is 0 Å². The lowest BCUT2D eigenvalue weighted by Crippen LogP contribution is -2.13. The molecule has 0 radical (unpaired) electrons. The highest BCUT2D eigenvalue weighted by Gasteiger charge is 2.45. The lowest BCUT2D eigenvalue weighted by Gasteiger charge is -2.40. The maximum Gasteiger partial charge on any atom is 0.115 e. The Hall–Kier alpha value is 0.240. The van der Waals surface area contributed by atoms with Crippen LogP contribution in [0.25, 0.3) is 0 Å². The fourth-order valence-electron chi connectivity index (χ4n) is 2.26. The molecule has 0 atom stereocenters. The summed E-state index contributed by atoms with van der Waals surface area (Å²) < 4.78 is -3.36. The van der Waals surface area contributed by atoms with Crippen LogP contribution in [0.4, 0.5) is 0 Å². The van der Waals surface area contributed by atoms with Crippen molar-refractivity contribution in [2.45, 2.75) is 26.2 Å². The Morgan fingerprint density at radius 1 is 0.783 bits per heavy atom. The van der Waals surface area contributed by atoms with E-state index in [2.05, 4.69) is 45.0 Å². The van der Waals surface area contributed by atoms with Crippen molar-refractivity contribution in [2.75, 3.05) is 0 Å². The van der Waals surface area contributed by atoms with Gasteiger partial charge in [0.15, 0.2) is 0 Å². The number of hydrogen-bond acceptors (Lipinski definition) is 5. The van der Waals surface area contributed by atoms with E-state index < -0.39 is 8.88 Å². The highest BCUT2D eigenvalue weighted by molar-refractivity contribution is 9.48. The van der Waals surface area contributed by atoms with Crippen LogP contribution in [-0.4, -0.2) is 5.11 Å². The third kappa shape index (κ3) is 3.61. The van der Waals surface area contributed by atoms with Crippen LogP contribution in [-0.2, 0) is 29.0 Å². The van der Waals surface area contributed by atoms with Crippen molar-refractivity contribution in [2.24, 2.45) is 0 Å². The molecule has 3 rings (SSSR count). The molecule has 1 aliphatic heterocycles. The summed E-state index contributed by atoms with van der Waals surface area (Å²) in [6.07, 6.45) is 0. The van der Waals surface area contributed by atoms with Gasteiger partial charge in [-0.15, -0.1) is 0 Å². The summed E-state index contributed by atoms with van der Waals surface area (Å²) in [4.78, 5) is 0. The average Bonchev–Trinajstić information content (AvgIpc) is 2.45. The zero-order chi connectivity index (χ0) is 16.9. The standard InChI is InChI=1S/C16H18OP2S4/c1-16(2,3)12-4-8-14(9-5-12)18(20)22-19(21,23-18)15-10-6-13(17)7-11-15/h4-11,17H,1-3H3. The van der Waals surface area contributed by atoms with Crippen LogP contribution in [0, 0.1) is 0 Å². The van der Waals surface area contributed by atoms with Crippen LogP contribution in [0.15, 0.2) is 48.5 Å². The van der Waals surface area contributed by atoms with Crippen molar-refractivity contribution >= 4 is 65.1 Å². The molecule has 1 nitrogen and oxygen atoms in total. The topological polar surface area (TPSA) is 20.2 Å². The van der Waals surface area contributed by atoms with Gasteiger partial charge < -0.3 is 5.11 Å². The van der Waals surface area contributed by atoms with Gasteiger partial charge in [-0.1, -0.05) is 90.7 Å². The largest absolute Gasteiger partial charge is 0.508 e. The zero-order valence-electron chi connectivity index (χ0n) is 13.1. The first kappa shape index (κ1) is 18.0. The summed E-state index contributed by atoms with van der Waals surface area (Å²) in [5, 5.41) is 11.8. The summed E-state index contributed by atoms with van der Waals surface area (Å²) in [5.74, 6) is 0.281. The first-order chi connectivity index (χ1) is 10.6. The monoisotopic (exact) mass is 416 g/mol. The van der Waals surface area contributed by atoms with Gasteiger partial charge in [0.1, 0.15) is 5.75 Å². The van der Waals surface area contributed by atoms with Gasteiger partial charge in [0, 0.05) is 10.6 Å². The minimum atomic E-state index is -1.70. The molecule has 122 valence electrons. The second kappa shape index (κ2) is 6.20. The van der Waals surface area contributed by atoms with E-state index in [1.54, 1.807) is 12.1 Å². The van der Waals surface area contributed by atoms with Crippen LogP contribution in [0.2, 0.25) is 0 Å². The van der Waals surface area contributed by atoms with E-state index in [4.69, 9.17) is 23.6 Å². The Bertz CT molecular complexity index is 809. The van der Waals surface area contributed by atoms with E-state index in [0.29, 0.717) is 0 Å². The van der Waals surface area contributed by atoms with Gasteiger partial charge in [0.25, 0.3) is 0 Å². The second-order valence-electron chi connectivity index (χ2n) is 6.47. The molecule has 0 amide bonds. The Labute approximate surface area is 155 Å². The van der Waals surface area contributed by atoms with Crippen LogP contribution in [0.3, 0.4) is 0 Å².